The largest absolute Gasteiger partial charge is 0.344 e. The van der Waals surface area contributed by atoms with Crippen molar-refractivity contribution in [2.75, 3.05) is 0 Å². The number of nitrogens with zero attached hydrogens (tertiary/aromatic N) is 3. The van der Waals surface area contributed by atoms with E-state index in [0.717, 1.165) is 33.7 Å². The van der Waals surface area contributed by atoms with Crippen LogP contribution in [-0.4, -0.2) is 11.7 Å². The van der Waals surface area contributed by atoms with Gasteiger partial charge in [0.1, 0.15) is 12.0 Å². The van der Waals surface area contributed by atoms with Gasteiger partial charge in [-0.25, -0.2) is 9.98 Å². The third-order valence-electron chi connectivity index (χ3n) is 10.5. The molecule has 0 saturated heterocycles. The molecule has 0 bridgehead atoms. The predicted molar refractivity (Wildman–Crippen MR) is 210 cm³/mol. The van der Waals surface area contributed by atoms with Crippen LogP contribution < -0.4 is 5.32 Å². The summed E-state index contributed by atoms with van der Waals surface area (Å²) in [5.41, 5.74) is 13.1. The Bertz CT molecular complexity index is 2590. The Morgan fingerprint density at radius 3 is 1.79 bits per heavy atom. The average molecular weight is 683 g/mol. The first kappa shape index (κ1) is 30.4. The van der Waals surface area contributed by atoms with Crippen molar-refractivity contribution in [3.05, 3.63) is 214 Å². The number of hydrogen-bond acceptors (Lipinski definition) is 5. The van der Waals surface area contributed by atoms with Gasteiger partial charge in [-0.2, -0.15) is 5.26 Å². The van der Waals surface area contributed by atoms with Gasteiger partial charge in [0.2, 0.25) is 0 Å². The fourth-order valence-corrected chi connectivity index (χ4v) is 9.28. The van der Waals surface area contributed by atoms with E-state index in [0.29, 0.717) is 11.4 Å². The zero-order valence-electron chi connectivity index (χ0n) is 28.0. The first-order valence-electron chi connectivity index (χ1n) is 17.4. The quantitative estimate of drug-likeness (QED) is 0.201. The maximum Gasteiger partial charge on any atom is 0.159 e. The van der Waals surface area contributed by atoms with Crippen LogP contribution in [0.4, 0.5) is 0 Å². The number of benzene rings is 7. The van der Waals surface area contributed by atoms with E-state index in [9.17, 15) is 5.26 Å². The molecule has 2 aliphatic heterocycles. The number of aliphatic imine (C=N–C) groups is 2. The average Bonchev–Trinajstić information content (AvgIpc) is 3.51. The number of rotatable bonds is 4. The Hall–Kier alpha value is -6.48. The summed E-state index contributed by atoms with van der Waals surface area (Å²) >= 11 is 1.86. The molecule has 0 radical (unpaired) electrons. The van der Waals surface area contributed by atoms with E-state index in [1.165, 1.54) is 43.2 Å². The molecule has 1 N–H and O–H groups in total. The molecule has 0 amide bonds. The summed E-state index contributed by atoms with van der Waals surface area (Å²) in [5.74, 6) is 1.47. The number of hydrogen-bond donors (Lipinski definition) is 1. The molecule has 52 heavy (non-hydrogen) atoms. The number of fused-ring (bicyclic) bond motifs is 9. The van der Waals surface area contributed by atoms with Crippen LogP contribution in [0.25, 0.3) is 22.3 Å². The zero-order chi connectivity index (χ0) is 34.6. The summed E-state index contributed by atoms with van der Waals surface area (Å²) in [5, 5.41) is 12.9. The third-order valence-corrected chi connectivity index (χ3v) is 11.6. The Morgan fingerprint density at radius 2 is 1.10 bits per heavy atom. The molecule has 7 aromatic rings. The van der Waals surface area contributed by atoms with Crippen LogP contribution in [0.3, 0.4) is 0 Å². The molecule has 2 heterocycles. The van der Waals surface area contributed by atoms with Crippen LogP contribution in [0.1, 0.15) is 50.7 Å². The first-order valence-corrected chi connectivity index (χ1v) is 18.2. The molecule has 5 heteroatoms. The molecule has 3 aliphatic rings. The molecule has 1 atom stereocenters. The number of nitriles is 1. The van der Waals surface area contributed by atoms with Crippen LogP contribution in [0.5, 0.6) is 0 Å². The highest BCUT2D eigenvalue weighted by molar-refractivity contribution is 7.99. The van der Waals surface area contributed by atoms with Gasteiger partial charge < -0.3 is 5.32 Å². The topological polar surface area (TPSA) is 60.5 Å². The second kappa shape index (κ2) is 12.1. The molecular formula is C47H30N4S. The second-order valence-electron chi connectivity index (χ2n) is 13.3. The fourth-order valence-electron chi connectivity index (χ4n) is 8.09. The summed E-state index contributed by atoms with van der Waals surface area (Å²) in [6, 6.07) is 62.1. The van der Waals surface area contributed by atoms with Gasteiger partial charge >= 0.3 is 0 Å². The van der Waals surface area contributed by atoms with E-state index in [1.54, 1.807) is 0 Å². The molecule has 244 valence electrons. The van der Waals surface area contributed by atoms with E-state index >= 15 is 0 Å². The van der Waals surface area contributed by atoms with Crippen LogP contribution in [0.15, 0.2) is 190 Å². The van der Waals surface area contributed by atoms with E-state index in [1.807, 2.05) is 54.2 Å². The summed E-state index contributed by atoms with van der Waals surface area (Å²) in [6.45, 7) is 0. The van der Waals surface area contributed by atoms with Gasteiger partial charge in [0.25, 0.3) is 0 Å². The minimum atomic E-state index is -0.416. The standard InChI is InChI=1S/C47H30N4S/c48-29-30-18-20-31(21-19-30)32-22-24-34(25-23-32)45-49-44(33-10-2-1-3-11-33)50-46(51-45)35-26-27-39-37(28-35)36-12-4-5-13-38(36)47(39)40-14-6-8-16-42(40)52-43-17-9-7-15-41(43)47/h1-28,44H,(H,49,50,51). The van der Waals surface area contributed by atoms with Crippen molar-refractivity contribution in [3.63, 3.8) is 0 Å². The minimum Gasteiger partial charge on any atom is -0.344 e. The lowest BCUT2D eigenvalue weighted by Gasteiger charge is -2.39. The SMILES string of the molecule is N#Cc1ccc(-c2ccc(C3=NC(c4ccccc4)NC(c4ccc5c(c4)-c4ccccc4C54c5ccccc5Sc5ccccc54)=N3)cc2)cc1. The van der Waals surface area contributed by atoms with Crippen LogP contribution in [0.2, 0.25) is 0 Å². The monoisotopic (exact) mass is 682 g/mol. The zero-order valence-corrected chi connectivity index (χ0v) is 28.8. The van der Waals surface area contributed by atoms with Crippen molar-refractivity contribution in [2.24, 2.45) is 9.98 Å². The predicted octanol–water partition coefficient (Wildman–Crippen LogP) is 10.5. The molecule has 10 rings (SSSR count). The lowest BCUT2D eigenvalue weighted by atomic mass is 9.67. The number of amidine groups is 2. The number of nitrogens with one attached hydrogen (secondary N) is 1. The van der Waals surface area contributed by atoms with Crippen molar-refractivity contribution >= 4 is 23.4 Å². The molecule has 1 aliphatic carbocycles. The summed E-state index contributed by atoms with van der Waals surface area (Å²) < 4.78 is 0. The highest BCUT2D eigenvalue weighted by Crippen LogP contribution is 2.62. The van der Waals surface area contributed by atoms with Crippen molar-refractivity contribution in [1.29, 1.82) is 5.26 Å². The summed E-state index contributed by atoms with van der Waals surface area (Å²) in [4.78, 5) is 12.9. The first-order chi connectivity index (χ1) is 25.7. The lowest BCUT2D eigenvalue weighted by molar-refractivity contribution is 0.674. The van der Waals surface area contributed by atoms with E-state index < -0.39 is 5.41 Å². The Balaban J connectivity index is 1.11. The highest BCUT2D eigenvalue weighted by atomic mass is 32.2. The van der Waals surface area contributed by atoms with Crippen LogP contribution in [0, 0.1) is 11.3 Å². The van der Waals surface area contributed by atoms with Gasteiger partial charge in [0, 0.05) is 20.9 Å². The fraction of sp³-hybridized carbons (Fsp3) is 0.0426. The lowest BCUT2D eigenvalue weighted by Crippen LogP contribution is -2.34. The maximum absolute atomic E-state index is 9.22. The maximum atomic E-state index is 9.22. The van der Waals surface area contributed by atoms with Gasteiger partial charge in [-0.3, -0.25) is 0 Å². The third kappa shape index (κ3) is 4.69. The van der Waals surface area contributed by atoms with Gasteiger partial charge in [0.05, 0.1) is 17.0 Å². The molecule has 7 aromatic carbocycles. The van der Waals surface area contributed by atoms with Crippen molar-refractivity contribution < 1.29 is 0 Å². The molecule has 1 spiro atoms. The smallest absolute Gasteiger partial charge is 0.159 e. The highest BCUT2D eigenvalue weighted by Gasteiger charge is 2.50. The molecule has 0 fully saturated rings. The van der Waals surface area contributed by atoms with Crippen molar-refractivity contribution in [1.82, 2.24) is 5.32 Å². The van der Waals surface area contributed by atoms with Gasteiger partial charge in [0.15, 0.2) is 5.84 Å². The summed E-state index contributed by atoms with van der Waals surface area (Å²) in [6.07, 6.45) is -0.303. The molecular weight excluding hydrogens is 653 g/mol. The Kier molecular flexibility index (Phi) is 7.06. The molecule has 4 nitrogen and oxygen atoms in total. The second-order valence-corrected chi connectivity index (χ2v) is 14.4. The van der Waals surface area contributed by atoms with E-state index in [-0.39, 0.29) is 6.17 Å². The van der Waals surface area contributed by atoms with Crippen LogP contribution in [-0.2, 0) is 5.41 Å². The molecule has 1 unspecified atom stereocenters. The minimum absolute atomic E-state index is 0.303. The van der Waals surface area contributed by atoms with Gasteiger partial charge in [-0.05, 0) is 80.4 Å². The summed E-state index contributed by atoms with van der Waals surface area (Å²) in [7, 11) is 0. The molecule has 0 saturated carbocycles. The van der Waals surface area contributed by atoms with E-state index in [2.05, 4.69) is 139 Å². The normalized spacial score (nSPS) is 15.9. The van der Waals surface area contributed by atoms with Crippen molar-refractivity contribution in [2.45, 2.75) is 21.4 Å². The van der Waals surface area contributed by atoms with E-state index in [4.69, 9.17) is 9.98 Å². The van der Waals surface area contributed by atoms with Crippen LogP contribution >= 0.6 is 11.8 Å². The Labute approximate surface area is 306 Å². The van der Waals surface area contributed by atoms with Gasteiger partial charge in [-0.1, -0.05) is 151 Å². The van der Waals surface area contributed by atoms with Gasteiger partial charge in [-0.15, -0.1) is 0 Å². The van der Waals surface area contributed by atoms with Crippen molar-refractivity contribution in [3.8, 4) is 28.3 Å². The Morgan fingerprint density at radius 1 is 0.538 bits per heavy atom. The molecule has 0 aromatic heterocycles.